The maximum absolute atomic E-state index is 4.08. The van der Waals surface area contributed by atoms with Crippen LogP contribution in [0.1, 0.15) is 25.3 Å². The van der Waals surface area contributed by atoms with Crippen LogP contribution in [0.3, 0.4) is 0 Å². The SMILES string of the molecule is C=C(CCC)c1cncc(Br)c1. The Balaban J connectivity index is 2.81. The van der Waals surface area contributed by atoms with Gasteiger partial charge in [0.05, 0.1) is 0 Å². The first-order valence-corrected chi connectivity index (χ1v) is 4.82. The van der Waals surface area contributed by atoms with Gasteiger partial charge in [0.25, 0.3) is 0 Å². The largest absolute Gasteiger partial charge is 0.263 e. The summed E-state index contributed by atoms with van der Waals surface area (Å²) in [6.07, 6.45) is 5.80. The summed E-state index contributed by atoms with van der Waals surface area (Å²) in [6, 6.07) is 2.05. The molecule has 1 nitrogen and oxygen atoms in total. The first-order chi connectivity index (χ1) is 5.74. The minimum atomic E-state index is 1.01. The molecule has 12 heavy (non-hydrogen) atoms. The molecular weight excluding hydrogens is 214 g/mol. The molecule has 0 N–H and O–H groups in total. The highest BCUT2D eigenvalue weighted by Gasteiger charge is 1.98. The molecule has 0 aromatic carbocycles. The molecule has 1 aromatic heterocycles. The van der Waals surface area contributed by atoms with Crippen molar-refractivity contribution in [2.45, 2.75) is 19.8 Å². The summed E-state index contributed by atoms with van der Waals surface area (Å²) in [5, 5.41) is 0. The average Bonchev–Trinajstić information content (AvgIpc) is 2.05. The van der Waals surface area contributed by atoms with Gasteiger partial charge in [0.15, 0.2) is 0 Å². The van der Waals surface area contributed by atoms with Gasteiger partial charge in [-0.05, 0) is 39.6 Å². The lowest BCUT2D eigenvalue weighted by Crippen LogP contribution is -1.84. The van der Waals surface area contributed by atoms with Gasteiger partial charge in [-0.2, -0.15) is 0 Å². The molecule has 1 heterocycles. The molecule has 2 heteroatoms. The van der Waals surface area contributed by atoms with Crippen molar-refractivity contribution in [2.24, 2.45) is 0 Å². The van der Waals surface area contributed by atoms with E-state index in [1.54, 1.807) is 6.20 Å². The number of pyridine rings is 1. The highest BCUT2D eigenvalue weighted by Crippen LogP contribution is 2.19. The number of nitrogens with zero attached hydrogens (tertiary/aromatic N) is 1. The van der Waals surface area contributed by atoms with E-state index in [2.05, 4.69) is 34.4 Å². The summed E-state index contributed by atoms with van der Waals surface area (Å²) >= 11 is 3.38. The van der Waals surface area contributed by atoms with Gasteiger partial charge in [-0.25, -0.2) is 0 Å². The maximum atomic E-state index is 4.08. The van der Waals surface area contributed by atoms with Crippen LogP contribution in [0, 0.1) is 0 Å². The van der Waals surface area contributed by atoms with E-state index in [-0.39, 0.29) is 0 Å². The van der Waals surface area contributed by atoms with E-state index in [9.17, 15) is 0 Å². The van der Waals surface area contributed by atoms with E-state index in [0.29, 0.717) is 0 Å². The zero-order valence-electron chi connectivity index (χ0n) is 7.18. The monoisotopic (exact) mass is 225 g/mol. The van der Waals surface area contributed by atoms with E-state index in [4.69, 9.17) is 0 Å². The Morgan fingerprint density at radius 1 is 1.58 bits per heavy atom. The van der Waals surface area contributed by atoms with Crippen molar-refractivity contribution >= 4 is 21.5 Å². The molecule has 0 bridgehead atoms. The van der Waals surface area contributed by atoms with Crippen LogP contribution >= 0.6 is 15.9 Å². The number of aromatic nitrogens is 1. The van der Waals surface area contributed by atoms with Gasteiger partial charge >= 0.3 is 0 Å². The Kier molecular flexibility index (Phi) is 3.48. The second kappa shape index (κ2) is 4.41. The summed E-state index contributed by atoms with van der Waals surface area (Å²) < 4.78 is 1.01. The minimum Gasteiger partial charge on any atom is -0.263 e. The highest BCUT2D eigenvalue weighted by atomic mass is 79.9. The molecule has 1 aromatic rings. The molecule has 0 unspecified atom stereocenters. The minimum absolute atomic E-state index is 1.01. The third-order valence-corrected chi connectivity index (χ3v) is 2.10. The molecule has 0 saturated heterocycles. The number of hydrogen-bond donors (Lipinski definition) is 0. The molecule has 64 valence electrons. The zero-order valence-corrected chi connectivity index (χ0v) is 8.76. The predicted octanol–water partition coefficient (Wildman–Crippen LogP) is 3.66. The van der Waals surface area contributed by atoms with Crippen LogP contribution in [-0.2, 0) is 0 Å². The fraction of sp³-hybridized carbons (Fsp3) is 0.300. The molecule has 0 saturated carbocycles. The topological polar surface area (TPSA) is 12.9 Å². The second-order valence-corrected chi connectivity index (χ2v) is 3.66. The van der Waals surface area contributed by atoms with E-state index in [1.165, 1.54) is 0 Å². The third kappa shape index (κ3) is 2.45. The van der Waals surface area contributed by atoms with Crippen LogP contribution in [0.4, 0.5) is 0 Å². The molecule has 0 fully saturated rings. The first-order valence-electron chi connectivity index (χ1n) is 4.02. The van der Waals surface area contributed by atoms with Crippen LogP contribution in [0.15, 0.2) is 29.5 Å². The van der Waals surface area contributed by atoms with E-state index in [0.717, 1.165) is 28.5 Å². The average molecular weight is 226 g/mol. The smallest absolute Gasteiger partial charge is 0.0410 e. The third-order valence-electron chi connectivity index (χ3n) is 1.66. The Bertz CT molecular complexity index is 281. The standard InChI is InChI=1S/C10H12BrN/c1-3-4-8(2)9-5-10(11)7-12-6-9/h5-7H,2-4H2,1H3. The molecule has 0 aliphatic rings. The quantitative estimate of drug-likeness (QED) is 0.766. The lowest BCUT2D eigenvalue weighted by atomic mass is 10.1. The summed E-state index contributed by atoms with van der Waals surface area (Å²) in [4.78, 5) is 4.08. The van der Waals surface area contributed by atoms with E-state index in [1.807, 2.05) is 12.3 Å². The van der Waals surface area contributed by atoms with Crippen molar-refractivity contribution in [1.82, 2.24) is 4.98 Å². The van der Waals surface area contributed by atoms with Gasteiger partial charge in [0.2, 0.25) is 0 Å². The molecule has 1 rings (SSSR count). The van der Waals surface area contributed by atoms with Crippen molar-refractivity contribution in [3.05, 3.63) is 35.1 Å². The van der Waals surface area contributed by atoms with Gasteiger partial charge in [0.1, 0.15) is 0 Å². The van der Waals surface area contributed by atoms with Crippen molar-refractivity contribution in [3.8, 4) is 0 Å². The lowest BCUT2D eigenvalue weighted by molar-refractivity contribution is 0.973. The summed E-state index contributed by atoms with van der Waals surface area (Å²) in [6.45, 7) is 6.14. The molecule has 0 radical (unpaired) electrons. The van der Waals surface area contributed by atoms with Crippen molar-refractivity contribution in [3.63, 3.8) is 0 Å². The Hall–Kier alpha value is -0.630. The number of rotatable bonds is 3. The molecule has 0 amide bonds. The summed E-state index contributed by atoms with van der Waals surface area (Å²) in [7, 11) is 0. The zero-order chi connectivity index (χ0) is 8.97. The lowest BCUT2D eigenvalue weighted by Gasteiger charge is -2.02. The molecule has 0 atom stereocenters. The molecular formula is C10H12BrN. The Morgan fingerprint density at radius 3 is 2.92 bits per heavy atom. The summed E-state index contributed by atoms with van der Waals surface area (Å²) in [5.41, 5.74) is 2.29. The Labute approximate surface area is 81.7 Å². The summed E-state index contributed by atoms with van der Waals surface area (Å²) in [5.74, 6) is 0. The first kappa shape index (κ1) is 9.46. The molecule has 0 aliphatic carbocycles. The van der Waals surface area contributed by atoms with Crippen LogP contribution in [0.2, 0.25) is 0 Å². The predicted molar refractivity (Wildman–Crippen MR) is 55.9 cm³/mol. The van der Waals surface area contributed by atoms with Gasteiger partial charge in [-0.3, -0.25) is 4.98 Å². The van der Waals surface area contributed by atoms with Gasteiger partial charge in [-0.15, -0.1) is 0 Å². The maximum Gasteiger partial charge on any atom is 0.0410 e. The fourth-order valence-electron chi connectivity index (χ4n) is 1.05. The van der Waals surface area contributed by atoms with Crippen molar-refractivity contribution in [2.75, 3.05) is 0 Å². The van der Waals surface area contributed by atoms with Crippen LogP contribution in [0.25, 0.3) is 5.57 Å². The number of allylic oxidation sites excluding steroid dienone is 1. The van der Waals surface area contributed by atoms with Crippen LogP contribution < -0.4 is 0 Å². The Morgan fingerprint density at radius 2 is 2.33 bits per heavy atom. The molecule has 0 aliphatic heterocycles. The van der Waals surface area contributed by atoms with Gasteiger partial charge in [-0.1, -0.05) is 19.9 Å². The number of hydrogen-bond acceptors (Lipinski definition) is 1. The highest BCUT2D eigenvalue weighted by molar-refractivity contribution is 9.10. The number of halogens is 1. The van der Waals surface area contributed by atoms with Gasteiger partial charge in [0, 0.05) is 16.9 Å². The van der Waals surface area contributed by atoms with Crippen molar-refractivity contribution in [1.29, 1.82) is 0 Å². The second-order valence-electron chi connectivity index (χ2n) is 2.75. The molecule has 0 spiro atoms. The van der Waals surface area contributed by atoms with Crippen molar-refractivity contribution < 1.29 is 0 Å². The van der Waals surface area contributed by atoms with Gasteiger partial charge < -0.3 is 0 Å². The normalized spacial score (nSPS) is 9.83. The van der Waals surface area contributed by atoms with E-state index >= 15 is 0 Å². The van der Waals surface area contributed by atoms with Crippen LogP contribution in [-0.4, -0.2) is 4.98 Å². The van der Waals surface area contributed by atoms with E-state index < -0.39 is 0 Å². The fourth-order valence-corrected chi connectivity index (χ4v) is 1.42. The van der Waals surface area contributed by atoms with Crippen LogP contribution in [0.5, 0.6) is 0 Å².